The molecule has 0 aliphatic carbocycles. The van der Waals surface area contributed by atoms with Gasteiger partial charge >= 0.3 is 5.97 Å². The van der Waals surface area contributed by atoms with Crippen LogP contribution in [0.1, 0.15) is 19.8 Å². The van der Waals surface area contributed by atoms with Crippen LogP contribution in [0.2, 0.25) is 0 Å². The van der Waals surface area contributed by atoms with Gasteiger partial charge in [-0.2, -0.15) is 0 Å². The lowest BCUT2D eigenvalue weighted by Crippen LogP contribution is -2.31. The topological polar surface area (TPSA) is 46.5 Å². The van der Waals surface area contributed by atoms with Gasteiger partial charge in [0.05, 0.1) is 18.1 Å². The summed E-state index contributed by atoms with van der Waals surface area (Å²) in [4.78, 5) is 10.7. The van der Waals surface area contributed by atoms with E-state index in [1.54, 1.807) is 0 Å². The molecule has 0 saturated carbocycles. The van der Waals surface area contributed by atoms with E-state index >= 15 is 0 Å². The van der Waals surface area contributed by atoms with Gasteiger partial charge in [-0.1, -0.05) is 6.92 Å². The number of hydrogen-bond donors (Lipinski definition) is 1. The van der Waals surface area contributed by atoms with Crippen molar-refractivity contribution in [2.24, 2.45) is 11.8 Å². The van der Waals surface area contributed by atoms with Crippen LogP contribution < -0.4 is 0 Å². The molecule has 2 saturated heterocycles. The first kappa shape index (κ1) is 7.10. The van der Waals surface area contributed by atoms with E-state index in [4.69, 9.17) is 9.84 Å². The molecule has 0 spiro atoms. The Morgan fingerprint density at radius 1 is 1.45 bits per heavy atom. The molecule has 62 valence electrons. The van der Waals surface area contributed by atoms with E-state index in [1.165, 1.54) is 0 Å². The van der Waals surface area contributed by atoms with Crippen molar-refractivity contribution in [3.05, 3.63) is 0 Å². The van der Waals surface area contributed by atoms with Crippen LogP contribution in [0.25, 0.3) is 0 Å². The average Bonchev–Trinajstić information content (AvgIpc) is 2.44. The summed E-state index contributed by atoms with van der Waals surface area (Å²) in [6.45, 7) is 1.97. The molecule has 2 aliphatic heterocycles. The SMILES string of the molecule is CC1[C@@H](C(=O)O)[C@@H]2CC[C@H]1O2. The van der Waals surface area contributed by atoms with Crippen molar-refractivity contribution in [2.75, 3.05) is 0 Å². The van der Waals surface area contributed by atoms with Gasteiger partial charge in [-0.15, -0.1) is 0 Å². The monoisotopic (exact) mass is 156 g/mol. The number of ether oxygens (including phenoxy) is 1. The molecule has 0 radical (unpaired) electrons. The zero-order valence-corrected chi connectivity index (χ0v) is 6.49. The summed E-state index contributed by atoms with van der Waals surface area (Å²) in [6, 6.07) is 0. The molecule has 1 N–H and O–H groups in total. The zero-order valence-electron chi connectivity index (χ0n) is 6.49. The van der Waals surface area contributed by atoms with Gasteiger partial charge in [-0.25, -0.2) is 0 Å². The van der Waals surface area contributed by atoms with E-state index in [0.717, 1.165) is 12.8 Å². The Hall–Kier alpha value is -0.570. The largest absolute Gasteiger partial charge is 0.481 e. The first-order chi connectivity index (χ1) is 5.20. The fourth-order valence-electron chi connectivity index (χ4n) is 2.29. The Bertz CT molecular complexity index is 188. The molecule has 2 aliphatic rings. The van der Waals surface area contributed by atoms with Gasteiger partial charge in [0.2, 0.25) is 0 Å². The lowest BCUT2D eigenvalue weighted by atomic mass is 9.81. The van der Waals surface area contributed by atoms with Crippen LogP contribution >= 0.6 is 0 Å². The average molecular weight is 156 g/mol. The summed E-state index contributed by atoms with van der Waals surface area (Å²) in [7, 11) is 0. The Morgan fingerprint density at radius 3 is 2.45 bits per heavy atom. The predicted molar refractivity (Wildman–Crippen MR) is 38.2 cm³/mol. The molecule has 0 aromatic rings. The third-order valence-electron chi connectivity index (χ3n) is 2.92. The molecule has 11 heavy (non-hydrogen) atoms. The van der Waals surface area contributed by atoms with Crippen LogP contribution in [-0.2, 0) is 9.53 Å². The molecule has 3 nitrogen and oxygen atoms in total. The molecule has 2 rings (SSSR count). The van der Waals surface area contributed by atoms with Gasteiger partial charge in [0.15, 0.2) is 0 Å². The summed E-state index contributed by atoms with van der Waals surface area (Å²) < 4.78 is 5.48. The van der Waals surface area contributed by atoms with Crippen molar-refractivity contribution >= 4 is 5.97 Å². The molecule has 1 unspecified atom stereocenters. The molecule has 2 bridgehead atoms. The minimum atomic E-state index is -0.690. The van der Waals surface area contributed by atoms with Crippen molar-refractivity contribution in [3.8, 4) is 0 Å². The van der Waals surface area contributed by atoms with Crippen molar-refractivity contribution < 1.29 is 14.6 Å². The number of carboxylic acids is 1. The van der Waals surface area contributed by atoms with Gasteiger partial charge in [-0.3, -0.25) is 4.79 Å². The highest BCUT2D eigenvalue weighted by molar-refractivity contribution is 5.71. The number of hydrogen-bond acceptors (Lipinski definition) is 2. The van der Waals surface area contributed by atoms with Crippen molar-refractivity contribution in [3.63, 3.8) is 0 Å². The maximum atomic E-state index is 10.7. The first-order valence-electron chi connectivity index (χ1n) is 4.08. The van der Waals surface area contributed by atoms with E-state index in [9.17, 15) is 4.79 Å². The summed E-state index contributed by atoms with van der Waals surface area (Å²) in [5.74, 6) is -0.718. The van der Waals surface area contributed by atoms with Gasteiger partial charge < -0.3 is 9.84 Å². The highest BCUT2D eigenvalue weighted by Crippen LogP contribution is 2.42. The maximum absolute atomic E-state index is 10.7. The summed E-state index contributed by atoms with van der Waals surface area (Å²) >= 11 is 0. The summed E-state index contributed by atoms with van der Waals surface area (Å²) in [6.07, 6.45) is 2.22. The highest BCUT2D eigenvalue weighted by Gasteiger charge is 2.50. The predicted octanol–water partition coefficient (Wildman–Crippen LogP) is 0.884. The van der Waals surface area contributed by atoms with Crippen molar-refractivity contribution in [1.82, 2.24) is 0 Å². The smallest absolute Gasteiger partial charge is 0.309 e. The van der Waals surface area contributed by atoms with Gasteiger partial charge in [0, 0.05) is 0 Å². The fraction of sp³-hybridized carbons (Fsp3) is 0.875. The molecule has 0 aromatic heterocycles. The maximum Gasteiger partial charge on any atom is 0.309 e. The minimum absolute atomic E-state index is 0.00694. The van der Waals surface area contributed by atoms with Gasteiger partial charge in [-0.05, 0) is 18.8 Å². The summed E-state index contributed by atoms with van der Waals surface area (Å²) in [5, 5.41) is 8.83. The van der Waals surface area contributed by atoms with E-state index in [0.29, 0.717) is 0 Å². The molecule has 2 heterocycles. The van der Waals surface area contributed by atoms with Crippen molar-refractivity contribution in [2.45, 2.75) is 32.0 Å². The second-order valence-corrected chi connectivity index (χ2v) is 3.51. The third kappa shape index (κ3) is 0.872. The van der Waals surface area contributed by atoms with E-state index in [2.05, 4.69) is 0 Å². The Labute approximate surface area is 65.4 Å². The van der Waals surface area contributed by atoms with E-state index < -0.39 is 5.97 Å². The van der Waals surface area contributed by atoms with Crippen LogP contribution in [0, 0.1) is 11.8 Å². The van der Waals surface area contributed by atoms with Crippen LogP contribution in [0.4, 0.5) is 0 Å². The zero-order chi connectivity index (χ0) is 8.01. The standard InChI is InChI=1S/C8H12O3/c1-4-5-2-3-6(11-5)7(4)8(9)10/h4-7H,2-3H2,1H3,(H,9,10)/t4?,5-,6+,7-/m1/s1. The van der Waals surface area contributed by atoms with Crippen molar-refractivity contribution in [1.29, 1.82) is 0 Å². The molecule has 4 atom stereocenters. The van der Waals surface area contributed by atoms with Crippen LogP contribution in [-0.4, -0.2) is 23.3 Å². The lowest BCUT2D eigenvalue weighted by molar-refractivity contribution is -0.144. The minimum Gasteiger partial charge on any atom is -0.481 e. The van der Waals surface area contributed by atoms with Gasteiger partial charge in [0.1, 0.15) is 0 Å². The number of carbonyl (C=O) groups is 1. The number of rotatable bonds is 1. The van der Waals surface area contributed by atoms with E-state index in [1.807, 2.05) is 6.92 Å². The highest BCUT2D eigenvalue weighted by atomic mass is 16.5. The normalized spacial score (nSPS) is 48.1. The first-order valence-corrected chi connectivity index (χ1v) is 4.08. The Balaban J connectivity index is 2.17. The van der Waals surface area contributed by atoms with Crippen LogP contribution in [0.3, 0.4) is 0 Å². The van der Waals surface area contributed by atoms with Crippen LogP contribution in [0.5, 0.6) is 0 Å². The number of fused-ring (bicyclic) bond motifs is 2. The lowest BCUT2D eigenvalue weighted by Gasteiger charge is -2.20. The second-order valence-electron chi connectivity index (χ2n) is 3.51. The molecule has 3 heteroatoms. The molecule has 0 aromatic carbocycles. The molecule has 0 amide bonds. The number of aliphatic carboxylic acids is 1. The molecular formula is C8H12O3. The van der Waals surface area contributed by atoms with E-state index in [-0.39, 0.29) is 24.0 Å². The molecular weight excluding hydrogens is 144 g/mol. The molecule has 2 fully saturated rings. The Kier molecular flexibility index (Phi) is 1.42. The quantitative estimate of drug-likeness (QED) is 0.613. The summed E-state index contributed by atoms with van der Waals surface area (Å²) in [5.41, 5.74) is 0. The number of carboxylic acid groups (broad SMARTS) is 1. The third-order valence-corrected chi connectivity index (χ3v) is 2.92. The second kappa shape index (κ2) is 2.21. The van der Waals surface area contributed by atoms with Crippen LogP contribution in [0.15, 0.2) is 0 Å². The fourth-order valence-corrected chi connectivity index (χ4v) is 2.29. The Morgan fingerprint density at radius 2 is 2.09 bits per heavy atom. The van der Waals surface area contributed by atoms with Gasteiger partial charge in [0.25, 0.3) is 0 Å².